The molecule has 2 atom stereocenters. The summed E-state index contributed by atoms with van der Waals surface area (Å²) in [4.78, 5) is 9.90. The summed E-state index contributed by atoms with van der Waals surface area (Å²) in [5.41, 5.74) is 5.17. The van der Waals surface area contributed by atoms with Gasteiger partial charge in [-0.1, -0.05) is 0 Å². The molecule has 0 unspecified atom stereocenters. The highest BCUT2D eigenvalue weighted by Gasteiger charge is 2.12. The minimum Gasteiger partial charge on any atom is -0.481 e. The largest absolute Gasteiger partial charge is 0.481 e. The Hall–Kier alpha value is -0.610. The average molecular weight is 133 g/mol. The molecule has 9 heavy (non-hydrogen) atoms. The van der Waals surface area contributed by atoms with E-state index in [0.29, 0.717) is 0 Å². The molecule has 0 saturated carbocycles. The third kappa shape index (κ3) is 3.93. The fraction of sp³-hybridized carbons (Fsp3) is 0.800. The van der Waals surface area contributed by atoms with Crippen LogP contribution < -0.4 is 5.73 Å². The third-order valence-electron chi connectivity index (χ3n) is 0.991. The van der Waals surface area contributed by atoms with Crippen molar-refractivity contribution in [1.29, 1.82) is 0 Å². The van der Waals surface area contributed by atoms with E-state index in [1.807, 2.05) is 0 Å². The molecule has 0 bridgehead atoms. The lowest BCUT2D eigenvalue weighted by atomic mass is 10.1. The van der Waals surface area contributed by atoms with Crippen LogP contribution in [0.15, 0.2) is 0 Å². The van der Waals surface area contributed by atoms with Crippen LogP contribution in [0.5, 0.6) is 0 Å². The maximum absolute atomic E-state index is 9.90. The van der Waals surface area contributed by atoms with E-state index in [-0.39, 0.29) is 6.42 Å². The number of hydrogen-bond donors (Lipinski definition) is 3. The van der Waals surface area contributed by atoms with Gasteiger partial charge in [0.05, 0.1) is 12.5 Å². The van der Waals surface area contributed by atoms with Gasteiger partial charge in [0.15, 0.2) is 0 Å². The zero-order valence-electron chi connectivity index (χ0n) is 5.24. The summed E-state index contributed by atoms with van der Waals surface area (Å²) in [6.07, 6.45) is -1.21. The van der Waals surface area contributed by atoms with E-state index >= 15 is 0 Å². The maximum atomic E-state index is 9.90. The summed E-state index contributed by atoms with van der Waals surface area (Å²) in [6, 6.07) is -0.471. The second kappa shape index (κ2) is 3.42. The predicted molar refractivity (Wildman–Crippen MR) is 31.9 cm³/mol. The number of aliphatic hydroxyl groups is 1. The molecule has 0 aromatic carbocycles. The monoisotopic (exact) mass is 133 g/mol. The standard InChI is InChI=1S/C5H11NO3/c1-3(6)4(7)2-5(8)9/h3-4,7H,2,6H2,1H3,(H,8,9)/t3-,4+/m0/s1. The average Bonchev–Trinajstić information content (AvgIpc) is 1.63. The van der Waals surface area contributed by atoms with E-state index in [4.69, 9.17) is 15.9 Å². The topological polar surface area (TPSA) is 83.5 Å². The number of aliphatic carboxylic acids is 1. The second-order valence-electron chi connectivity index (χ2n) is 2.02. The molecule has 0 rings (SSSR count). The molecule has 0 aliphatic rings. The Morgan fingerprint density at radius 2 is 2.22 bits per heavy atom. The normalized spacial score (nSPS) is 16.8. The maximum Gasteiger partial charge on any atom is 0.306 e. The van der Waals surface area contributed by atoms with Crippen molar-refractivity contribution in [3.63, 3.8) is 0 Å². The molecule has 0 heterocycles. The van der Waals surface area contributed by atoms with Crippen molar-refractivity contribution >= 4 is 5.97 Å². The highest BCUT2D eigenvalue weighted by Crippen LogP contribution is 1.94. The number of carboxylic acid groups (broad SMARTS) is 1. The summed E-state index contributed by atoms with van der Waals surface area (Å²) >= 11 is 0. The first-order valence-corrected chi connectivity index (χ1v) is 2.69. The Kier molecular flexibility index (Phi) is 3.19. The highest BCUT2D eigenvalue weighted by molar-refractivity contribution is 5.67. The second-order valence-corrected chi connectivity index (χ2v) is 2.02. The SMILES string of the molecule is C[C@H](N)[C@H](O)CC(=O)O. The number of rotatable bonds is 3. The molecular formula is C5H11NO3. The summed E-state index contributed by atoms with van der Waals surface area (Å²) in [6.45, 7) is 1.56. The molecule has 0 aliphatic heterocycles. The van der Waals surface area contributed by atoms with Crippen molar-refractivity contribution in [2.45, 2.75) is 25.5 Å². The van der Waals surface area contributed by atoms with Crippen molar-refractivity contribution < 1.29 is 15.0 Å². The molecule has 4 heteroatoms. The zero-order valence-corrected chi connectivity index (χ0v) is 5.24. The Bertz CT molecular complexity index is 102. The van der Waals surface area contributed by atoms with Gasteiger partial charge in [0, 0.05) is 6.04 Å². The van der Waals surface area contributed by atoms with E-state index < -0.39 is 18.1 Å². The summed E-state index contributed by atoms with van der Waals surface area (Å²) < 4.78 is 0. The lowest BCUT2D eigenvalue weighted by Gasteiger charge is -2.10. The molecule has 0 aromatic rings. The van der Waals surface area contributed by atoms with Crippen molar-refractivity contribution in [2.24, 2.45) is 5.73 Å². The van der Waals surface area contributed by atoms with E-state index in [1.165, 1.54) is 0 Å². The van der Waals surface area contributed by atoms with Crippen LogP contribution in [0.2, 0.25) is 0 Å². The minimum absolute atomic E-state index is 0.280. The third-order valence-corrected chi connectivity index (χ3v) is 0.991. The first-order chi connectivity index (χ1) is 4.04. The van der Waals surface area contributed by atoms with Gasteiger partial charge in [0.2, 0.25) is 0 Å². The number of carbonyl (C=O) groups is 1. The van der Waals surface area contributed by atoms with Gasteiger partial charge in [-0.25, -0.2) is 0 Å². The van der Waals surface area contributed by atoms with Gasteiger partial charge in [0.1, 0.15) is 0 Å². The lowest BCUT2D eigenvalue weighted by Crippen LogP contribution is -2.33. The van der Waals surface area contributed by atoms with Crippen LogP contribution in [0.25, 0.3) is 0 Å². The van der Waals surface area contributed by atoms with Crippen molar-refractivity contribution in [2.75, 3.05) is 0 Å². The van der Waals surface area contributed by atoms with E-state index in [0.717, 1.165) is 0 Å². The van der Waals surface area contributed by atoms with Crippen molar-refractivity contribution in [3.05, 3.63) is 0 Å². The van der Waals surface area contributed by atoms with Crippen LogP contribution in [0, 0.1) is 0 Å². The quantitative estimate of drug-likeness (QED) is 0.469. The van der Waals surface area contributed by atoms with Crippen molar-refractivity contribution in [1.82, 2.24) is 0 Å². The number of nitrogens with two attached hydrogens (primary N) is 1. The van der Waals surface area contributed by atoms with Crippen LogP contribution in [0.4, 0.5) is 0 Å². The Morgan fingerprint density at radius 1 is 1.78 bits per heavy atom. The predicted octanol–water partition coefficient (Wildman–Crippen LogP) is -0.831. The van der Waals surface area contributed by atoms with Crippen LogP contribution >= 0.6 is 0 Å². The summed E-state index contributed by atoms with van der Waals surface area (Å²) in [5.74, 6) is -1.03. The van der Waals surface area contributed by atoms with E-state index in [2.05, 4.69) is 0 Å². The summed E-state index contributed by atoms with van der Waals surface area (Å²) in [7, 11) is 0. The number of carboxylic acids is 1. The van der Waals surface area contributed by atoms with Crippen LogP contribution in [-0.2, 0) is 4.79 Å². The molecule has 4 N–H and O–H groups in total. The van der Waals surface area contributed by atoms with Gasteiger partial charge in [0.25, 0.3) is 0 Å². The Morgan fingerprint density at radius 3 is 2.33 bits per heavy atom. The van der Waals surface area contributed by atoms with E-state index in [9.17, 15) is 4.79 Å². The van der Waals surface area contributed by atoms with Crippen LogP contribution in [0.3, 0.4) is 0 Å². The lowest BCUT2D eigenvalue weighted by molar-refractivity contribution is -0.139. The Labute approximate surface area is 53.3 Å². The van der Waals surface area contributed by atoms with Gasteiger partial charge in [-0.05, 0) is 6.92 Å². The molecule has 0 fully saturated rings. The molecule has 0 amide bonds. The molecule has 0 spiro atoms. The van der Waals surface area contributed by atoms with Crippen molar-refractivity contribution in [3.8, 4) is 0 Å². The van der Waals surface area contributed by atoms with Gasteiger partial charge in [-0.15, -0.1) is 0 Å². The van der Waals surface area contributed by atoms with Crippen LogP contribution in [0.1, 0.15) is 13.3 Å². The molecule has 0 saturated heterocycles. The van der Waals surface area contributed by atoms with Crippen LogP contribution in [-0.4, -0.2) is 28.3 Å². The van der Waals surface area contributed by atoms with Gasteiger partial charge in [-0.2, -0.15) is 0 Å². The molecular weight excluding hydrogens is 122 g/mol. The van der Waals surface area contributed by atoms with E-state index in [1.54, 1.807) is 6.92 Å². The van der Waals surface area contributed by atoms with Gasteiger partial charge < -0.3 is 15.9 Å². The molecule has 0 aliphatic carbocycles. The molecule has 0 aromatic heterocycles. The fourth-order valence-corrected chi connectivity index (χ4v) is 0.365. The Balaban J connectivity index is 3.50. The zero-order chi connectivity index (χ0) is 7.44. The highest BCUT2D eigenvalue weighted by atomic mass is 16.4. The smallest absolute Gasteiger partial charge is 0.306 e. The van der Waals surface area contributed by atoms with Gasteiger partial charge in [-0.3, -0.25) is 4.79 Å². The first kappa shape index (κ1) is 8.39. The molecule has 0 radical (unpaired) electrons. The number of aliphatic hydroxyl groups excluding tert-OH is 1. The fourth-order valence-electron chi connectivity index (χ4n) is 0.365. The van der Waals surface area contributed by atoms with Gasteiger partial charge >= 0.3 is 5.97 Å². The minimum atomic E-state index is -1.03. The molecule has 4 nitrogen and oxygen atoms in total. The molecule has 54 valence electrons. The summed E-state index contributed by atoms with van der Waals surface area (Å²) in [5, 5.41) is 16.9. The first-order valence-electron chi connectivity index (χ1n) is 2.69. The number of hydrogen-bond acceptors (Lipinski definition) is 3.